The average Bonchev–Trinajstić information content (AvgIpc) is 2.38. The minimum Gasteiger partial charge on any atom is -0.326 e. The van der Waals surface area contributed by atoms with E-state index in [1.165, 1.54) is 0 Å². The van der Waals surface area contributed by atoms with Crippen LogP contribution in [0.5, 0.6) is 0 Å². The SMILES string of the molecule is NCc1ccc(S(=O)(=O)Nc2cccc(I)c2)cc1. The third-order valence-corrected chi connectivity index (χ3v) is 4.61. The lowest BCUT2D eigenvalue weighted by Crippen LogP contribution is -2.13. The quantitative estimate of drug-likeness (QED) is 0.791. The first-order valence-corrected chi connectivity index (χ1v) is 8.15. The van der Waals surface area contributed by atoms with Crippen LogP contribution in [0.3, 0.4) is 0 Å². The van der Waals surface area contributed by atoms with Gasteiger partial charge >= 0.3 is 0 Å². The highest BCUT2D eigenvalue weighted by atomic mass is 127. The van der Waals surface area contributed by atoms with Gasteiger partial charge in [-0.05, 0) is 58.5 Å². The van der Waals surface area contributed by atoms with E-state index in [4.69, 9.17) is 5.73 Å². The molecule has 0 aliphatic rings. The van der Waals surface area contributed by atoms with Crippen LogP contribution in [0.4, 0.5) is 5.69 Å². The second-order valence-corrected chi connectivity index (χ2v) is 6.89. The van der Waals surface area contributed by atoms with Crippen LogP contribution in [0.1, 0.15) is 5.56 Å². The normalized spacial score (nSPS) is 11.3. The van der Waals surface area contributed by atoms with E-state index in [0.717, 1.165) is 9.13 Å². The van der Waals surface area contributed by atoms with E-state index in [1.54, 1.807) is 42.5 Å². The maximum Gasteiger partial charge on any atom is 0.261 e. The summed E-state index contributed by atoms with van der Waals surface area (Å²) in [4.78, 5) is 0.226. The van der Waals surface area contributed by atoms with Crippen LogP contribution in [-0.4, -0.2) is 8.42 Å². The standard InChI is InChI=1S/C13H13IN2O2S/c14-11-2-1-3-12(8-11)16-19(17,18)13-6-4-10(9-15)5-7-13/h1-8,16H,9,15H2. The molecule has 0 aliphatic heterocycles. The fourth-order valence-electron chi connectivity index (χ4n) is 1.57. The molecule has 0 bridgehead atoms. The van der Waals surface area contributed by atoms with E-state index in [9.17, 15) is 8.42 Å². The molecule has 2 rings (SSSR count). The Kier molecular flexibility index (Phi) is 4.43. The summed E-state index contributed by atoms with van der Waals surface area (Å²) in [5.41, 5.74) is 6.93. The van der Waals surface area contributed by atoms with Crippen molar-refractivity contribution in [2.24, 2.45) is 5.73 Å². The van der Waals surface area contributed by atoms with Crippen molar-refractivity contribution in [1.82, 2.24) is 0 Å². The monoisotopic (exact) mass is 388 g/mol. The third-order valence-electron chi connectivity index (χ3n) is 2.55. The lowest BCUT2D eigenvalue weighted by molar-refractivity contribution is 0.601. The van der Waals surface area contributed by atoms with Gasteiger partial charge in [-0.3, -0.25) is 4.72 Å². The summed E-state index contributed by atoms with van der Waals surface area (Å²) in [7, 11) is -3.55. The van der Waals surface area contributed by atoms with Gasteiger partial charge in [0.15, 0.2) is 0 Å². The van der Waals surface area contributed by atoms with Gasteiger partial charge < -0.3 is 5.73 Å². The van der Waals surface area contributed by atoms with Gasteiger partial charge in [0.25, 0.3) is 10.0 Å². The maximum absolute atomic E-state index is 12.2. The van der Waals surface area contributed by atoms with E-state index in [1.807, 2.05) is 6.07 Å². The first-order valence-electron chi connectivity index (χ1n) is 5.59. The second-order valence-electron chi connectivity index (χ2n) is 3.96. The average molecular weight is 388 g/mol. The van der Waals surface area contributed by atoms with Crippen LogP contribution in [0, 0.1) is 3.57 Å². The molecule has 0 saturated carbocycles. The summed E-state index contributed by atoms with van der Waals surface area (Å²) in [6.45, 7) is 0.393. The molecule has 4 nitrogen and oxygen atoms in total. The molecule has 0 fully saturated rings. The Balaban J connectivity index is 2.27. The number of nitrogens with two attached hydrogens (primary N) is 1. The molecule has 2 aromatic rings. The van der Waals surface area contributed by atoms with Crippen molar-refractivity contribution >= 4 is 38.3 Å². The van der Waals surface area contributed by atoms with Crippen molar-refractivity contribution in [3.8, 4) is 0 Å². The molecule has 0 unspecified atom stereocenters. The first-order chi connectivity index (χ1) is 9.01. The zero-order valence-corrected chi connectivity index (χ0v) is 13.0. The lowest BCUT2D eigenvalue weighted by atomic mass is 10.2. The second kappa shape index (κ2) is 5.89. The van der Waals surface area contributed by atoms with Gasteiger partial charge in [-0.15, -0.1) is 0 Å². The molecule has 0 heterocycles. The number of halogens is 1. The number of anilines is 1. The summed E-state index contributed by atoms with van der Waals surface area (Å²) >= 11 is 2.13. The number of hydrogen-bond donors (Lipinski definition) is 2. The highest BCUT2D eigenvalue weighted by Gasteiger charge is 2.13. The van der Waals surface area contributed by atoms with Crippen LogP contribution in [0.2, 0.25) is 0 Å². The van der Waals surface area contributed by atoms with Crippen LogP contribution < -0.4 is 10.5 Å². The molecular formula is C13H13IN2O2S. The summed E-state index contributed by atoms with van der Waals surface area (Å²) in [5, 5.41) is 0. The number of benzene rings is 2. The predicted octanol–water partition coefficient (Wildman–Crippen LogP) is 2.55. The van der Waals surface area contributed by atoms with E-state index in [0.29, 0.717) is 12.2 Å². The highest BCUT2D eigenvalue weighted by molar-refractivity contribution is 14.1. The van der Waals surface area contributed by atoms with E-state index in [-0.39, 0.29) is 4.90 Å². The summed E-state index contributed by atoms with van der Waals surface area (Å²) < 4.78 is 27.9. The van der Waals surface area contributed by atoms with Gasteiger partial charge in [0.05, 0.1) is 4.90 Å². The fourth-order valence-corrected chi connectivity index (χ4v) is 3.16. The van der Waals surface area contributed by atoms with E-state index >= 15 is 0 Å². The minimum atomic E-state index is -3.55. The Morgan fingerprint density at radius 2 is 1.79 bits per heavy atom. The highest BCUT2D eigenvalue weighted by Crippen LogP contribution is 2.18. The number of hydrogen-bond acceptors (Lipinski definition) is 3. The fraction of sp³-hybridized carbons (Fsp3) is 0.0769. The summed E-state index contributed by atoms with van der Waals surface area (Å²) in [6, 6.07) is 13.7. The molecule has 19 heavy (non-hydrogen) atoms. The van der Waals surface area contributed by atoms with Gasteiger partial charge in [0, 0.05) is 15.8 Å². The molecule has 6 heteroatoms. The van der Waals surface area contributed by atoms with Crippen LogP contribution in [0.15, 0.2) is 53.4 Å². The van der Waals surface area contributed by atoms with Crippen LogP contribution >= 0.6 is 22.6 Å². The predicted molar refractivity (Wildman–Crippen MR) is 84.3 cm³/mol. The topological polar surface area (TPSA) is 72.2 Å². The van der Waals surface area contributed by atoms with Crippen molar-refractivity contribution in [2.45, 2.75) is 11.4 Å². The Morgan fingerprint density at radius 3 is 2.37 bits per heavy atom. The summed E-state index contributed by atoms with van der Waals surface area (Å²) in [6.07, 6.45) is 0. The number of nitrogens with one attached hydrogen (secondary N) is 1. The van der Waals surface area contributed by atoms with Crippen molar-refractivity contribution in [1.29, 1.82) is 0 Å². The van der Waals surface area contributed by atoms with Crippen LogP contribution in [-0.2, 0) is 16.6 Å². The molecule has 2 aromatic carbocycles. The van der Waals surface area contributed by atoms with Gasteiger partial charge in [-0.2, -0.15) is 0 Å². The minimum absolute atomic E-state index is 0.226. The van der Waals surface area contributed by atoms with E-state index < -0.39 is 10.0 Å². The molecule has 0 aliphatic carbocycles. The molecule has 0 radical (unpaired) electrons. The molecule has 0 amide bonds. The van der Waals surface area contributed by atoms with Gasteiger partial charge in [0.1, 0.15) is 0 Å². The van der Waals surface area contributed by atoms with Gasteiger partial charge in [-0.1, -0.05) is 18.2 Å². The van der Waals surface area contributed by atoms with Crippen molar-refractivity contribution < 1.29 is 8.42 Å². The smallest absolute Gasteiger partial charge is 0.261 e. The zero-order chi connectivity index (χ0) is 13.9. The van der Waals surface area contributed by atoms with Crippen molar-refractivity contribution in [2.75, 3.05) is 4.72 Å². The Labute approximate surface area is 126 Å². The first kappa shape index (κ1) is 14.3. The Morgan fingerprint density at radius 1 is 1.11 bits per heavy atom. The Bertz CT molecular complexity index is 669. The maximum atomic E-state index is 12.2. The molecule has 100 valence electrons. The van der Waals surface area contributed by atoms with E-state index in [2.05, 4.69) is 27.3 Å². The molecule has 0 saturated heterocycles. The molecular weight excluding hydrogens is 375 g/mol. The lowest BCUT2D eigenvalue weighted by Gasteiger charge is -2.08. The molecule has 0 atom stereocenters. The van der Waals surface area contributed by atoms with Crippen LogP contribution in [0.25, 0.3) is 0 Å². The summed E-state index contributed by atoms with van der Waals surface area (Å²) in [5.74, 6) is 0. The van der Waals surface area contributed by atoms with Gasteiger partial charge in [0.2, 0.25) is 0 Å². The molecule has 0 aromatic heterocycles. The number of sulfonamides is 1. The largest absolute Gasteiger partial charge is 0.326 e. The Hall–Kier alpha value is -1.12. The zero-order valence-electron chi connectivity index (χ0n) is 10.0. The van der Waals surface area contributed by atoms with Crippen molar-refractivity contribution in [3.05, 3.63) is 57.7 Å². The van der Waals surface area contributed by atoms with Crippen molar-refractivity contribution in [3.63, 3.8) is 0 Å². The molecule has 0 spiro atoms. The van der Waals surface area contributed by atoms with Gasteiger partial charge in [-0.25, -0.2) is 8.42 Å². The third kappa shape index (κ3) is 3.68. The molecule has 3 N–H and O–H groups in total. The number of rotatable bonds is 4.